The summed E-state index contributed by atoms with van der Waals surface area (Å²) in [6.45, 7) is 2.13. The summed E-state index contributed by atoms with van der Waals surface area (Å²) in [4.78, 5) is 0. The van der Waals surface area contributed by atoms with Gasteiger partial charge in [0.15, 0.2) is 0 Å². The van der Waals surface area contributed by atoms with Crippen molar-refractivity contribution in [3.05, 3.63) is 33.8 Å². The monoisotopic (exact) mass is 282 g/mol. The predicted octanol–water partition coefficient (Wildman–Crippen LogP) is 3.41. The highest BCUT2D eigenvalue weighted by molar-refractivity contribution is 9.10. The zero-order valence-corrected chi connectivity index (χ0v) is 10.7. The summed E-state index contributed by atoms with van der Waals surface area (Å²) in [5.74, 6) is 0.758. The number of ether oxygens (including phenoxy) is 2. The molecule has 1 saturated heterocycles. The molecule has 2 nitrogen and oxygen atoms in total. The first kappa shape index (κ1) is 10.8. The van der Waals surface area contributed by atoms with E-state index in [0.717, 1.165) is 17.0 Å². The van der Waals surface area contributed by atoms with Gasteiger partial charge in [-0.15, -0.1) is 0 Å². The van der Waals surface area contributed by atoms with E-state index in [4.69, 9.17) is 9.47 Å². The Morgan fingerprint density at radius 2 is 2.00 bits per heavy atom. The van der Waals surface area contributed by atoms with E-state index >= 15 is 0 Å². The smallest absolute Gasteiger partial charge is 0.106 e. The highest BCUT2D eigenvalue weighted by atomic mass is 79.9. The second-order valence-electron chi connectivity index (χ2n) is 4.48. The molecule has 16 heavy (non-hydrogen) atoms. The fraction of sp³-hybridized carbons (Fsp3) is 0.538. The number of hydrogen-bond acceptors (Lipinski definition) is 2. The molecule has 2 aliphatic rings. The van der Waals surface area contributed by atoms with Gasteiger partial charge in [0.25, 0.3) is 0 Å². The molecule has 0 aromatic heterocycles. The van der Waals surface area contributed by atoms with E-state index in [1.165, 1.54) is 24.0 Å². The molecule has 3 rings (SSSR count). The molecule has 1 unspecified atom stereocenters. The SMILES string of the molecule is Brc1ccc(C2CC2)c(C2COCCO2)c1. The van der Waals surface area contributed by atoms with Gasteiger partial charge in [0.2, 0.25) is 0 Å². The maximum Gasteiger partial charge on any atom is 0.106 e. The van der Waals surface area contributed by atoms with Crippen molar-refractivity contribution < 1.29 is 9.47 Å². The van der Waals surface area contributed by atoms with Gasteiger partial charge in [0.1, 0.15) is 6.10 Å². The molecule has 1 heterocycles. The zero-order chi connectivity index (χ0) is 11.0. The Labute approximate surface area is 104 Å². The van der Waals surface area contributed by atoms with Gasteiger partial charge < -0.3 is 9.47 Å². The molecule has 1 atom stereocenters. The molecule has 0 bridgehead atoms. The van der Waals surface area contributed by atoms with Gasteiger partial charge in [0.05, 0.1) is 19.8 Å². The topological polar surface area (TPSA) is 18.5 Å². The lowest BCUT2D eigenvalue weighted by Crippen LogP contribution is -2.22. The van der Waals surface area contributed by atoms with Crippen LogP contribution in [0.5, 0.6) is 0 Å². The van der Waals surface area contributed by atoms with Crippen LogP contribution in [0.25, 0.3) is 0 Å². The Kier molecular flexibility index (Phi) is 3.01. The molecule has 86 valence electrons. The van der Waals surface area contributed by atoms with Gasteiger partial charge in [-0.2, -0.15) is 0 Å². The van der Waals surface area contributed by atoms with E-state index in [-0.39, 0.29) is 6.10 Å². The summed E-state index contributed by atoms with van der Waals surface area (Å²) < 4.78 is 12.4. The first-order valence-electron chi connectivity index (χ1n) is 5.83. The Hall–Kier alpha value is -0.380. The maximum absolute atomic E-state index is 5.79. The summed E-state index contributed by atoms with van der Waals surface area (Å²) in [5, 5.41) is 0. The van der Waals surface area contributed by atoms with Crippen LogP contribution in [0, 0.1) is 0 Å². The minimum Gasteiger partial charge on any atom is -0.376 e. The molecule has 0 amide bonds. The third-order valence-corrected chi connectivity index (χ3v) is 3.72. The first-order chi connectivity index (χ1) is 7.84. The lowest BCUT2D eigenvalue weighted by Gasteiger charge is -2.25. The van der Waals surface area contributed by atoms with Crippen molar-refractivity contribution in [3.8, 4) is 0 Å². The van der Waals surface area contributed by atoms with Crippen LogP contribution >= 0.6 is 15.9 Å². The summed E-state index contributed by atoms with van der Waals surface area (Å²) in [5.41, 5.74) is 2.77. The number of hydrogen-bond donors (Lipinski definition) is 0. The highest BCUT2D eigenvalue weighted by Crippen LogP contribution is 2.44. The van der Waals surface area contributed by atoms with E-state index in [9.17, 15) is 0 Å². The summed E-state index contributed by atoms with van der Waals surface area (Å²) in [6, 6.07) is 6.54. The maximum atomic E-state index is 5.79. The molecule has 0 spiro atoms. The fourth-order valence-corrected chi connectivity index (χ4v) is 2.64. The standard InChI is InChI=1S/C13H15BrO2/c14-10-3-4-11(9-1-2-9)12(7-10)13-8-15-5-6-16-13/h3-4,7,9,13H,1-2,5-6,8H2. The van der Waals surface area contributed by atoms with Crippen molar-refractivity contribution in [3.63, 3.8) is 0 Å². The molecule has 0 N–H and O–H groups in total. The lowest BCUT2D eigenvalue weighted by molar-refractivity contribution is -0.0904. The van der Waals surface area contributed by atoms with Crippen molar-refractivity contribution in [2.24, 2.45) is 0 Å². The van der Waals surface area contributed by atoms with Crippen molar-refractivity contribution in [2.45, 2.75) is 24.9 Å². The molecule has 1 aromatic rings. The molecule has 1 aliphatic carbocycles. The first-order valence-corrected chi connectivity index (χ1v) is 6.62. The highest BCUT2D eigenvalue weighted by Gasteiger charge is 2.29. The van der Waals surface area contributed by atoms with Crippen LogP contribution in [0.2, 0.25) is 0 Å². The van der Waals surface area contributed by atoms with Crippen LogP contribution < -0.4 is 0 Å². The second kappa shape index (κ2) is 4.47. The van der Waals surface area contributed by atoms with Crippen molar-refractivity contribution in [1.29, 1.82) is 0 Å². The molecule has 1 saturated carbocycles. The molecule has 3 heteroatoms. The van der Waals surface area contributed by atoms with E-state index in [1.54, 1.807) is 0 Å². The quantitative estimate of drug-likeness (QED) is 0.828. The Bertz CT molecular complexity index is 382. The Morgan fingerprint density at radius 1 is 1.12 bits per heavy atom. The lowest BCUT2D eigenvalue weighted by atomic mass is 9.99. The predicted molar refractivity (Wildman–Crippen MR) is 65.6 cm³/mol. The molecule has 2 fully saturated rings. The van der Waals surface area contributed by atoms with Crippen molar-refractivity contribution >= 4 is 15.9 Å². The molecule has 1 aliphatic heterocycles. The Balaban J connectivity index is 1.92. The van der Waals surface area contributed by atoms with Crippen molar-refractivity contribution in [2.75, 3.05) is 19.8 Å². The van der Waals surface area contributed by atoms with E-state index < -0.39 is 0 Å². The second-order valence-corrected chi connectivity index (χ2v) is 5.40. The van der Waals surface area contributed by atoms with Crippen LogP contribution in [0.1, 0.15) is 36.0 Å². The minimum absolute atomic E-state index is 0.127. The van der Waals surface area contributed by atoms with E-state index in [1.807, 2.05) is 0 Å². The van der Waals surface area contributed by atoms with E-state index in [0.29, 0.717) is 13.2 Å². The van der Waals surface area contributed by atoms with Gasteiger partial charge in [-0.05, 0) is 42.0 Å². The third kappa shape index (κ3) is 2.17. The minimum atomic E-state index is 0.127. The number of halogens is 1. The number of rotatable bonds is 2. The van der Waals surface area contributed by atoms with Gasteiger partial charge >= 0.3 is 0 Å². The molecule has 0 radical (unpaired) electrons. The van der Waals surface area contributed by atoms with Gasteiger partial charge in [-0.3, -0.25) is 0 Å². The number of benzene rings is 1. The third-order valence-electron chi connectivity index (χ3n) is 3.23. The van der Waals surface area contributed by atoms with Gasteiger partial charge in [-0.25, -0.2) is 0 Å². The largest absolute Gasteiger partial charge is 0.376 e. The average Bonchev–Trinajstić information content (AvgIpc) is 3.14. The molecule has 1 aromatic carbocycles. The van der Waals surface area contributed by atoms with Crippen LogP contribution in [0.15, 0.2) is 22.7 Å². The van der Waals surface area contributed by atoms with E-state index in [2.05, 4.69) is 34.1 Å². The van der Waals surface area contributed by atoms with Gasteiger partial charge in [0, 0.05) is 4.47 Å². The molecular weight excluding hydrogens is 268 g/mol. The van der Waals surface area contributed by atoms with Crippen LogP contribution in [0.4, 0.5) is 0 Å². The molecular formula is C13H15BrO2. The van der Waals surface area contributed by atoms with Crippen molar-refractivity contribution in [1.82, 2.24) is 0 Å². The van der Waals surface area contributed by atoms with Crippen LogP contribution in [-0.4, -0.2) is 19.8 Å². The van der Waals surface area contributed by atoms with Crippen LogP contribution in [0.3, 0.4) is 0 Å². The summed E-state index contributed by atoms with van der Waals surface area (Å²) in [6.07, 6.45) is 2.77. The normalized spacial score (nSPS) is 25.7. The zero-order valence-electron chi connectivity index (χ0n) is 9.12. The summed E-state index contributed by atoms with van der Waals surface area (Å²) >= 11 is 3.54. The fourth-order valence-electron chi connectivity index (χ4n) is 2.26. The Morgan fingerprint density at radius 3 is 2.69 bits per heavy atom. The average molecular weight is 283 g/mol. The summed E-state index contributed by atoms with van der Waals surface area (Å²) in [7, 11) is 0. The van der Waals surface area contributed by atoms with Gasteiger partial charge in [-0.1, -0.05) is 22.0 Å². The van der Waals surface area contributed by atoms with Crippen LogP contribution in [-0.2, 0) is 9.47 Å².